The number of furan rings is 1. The van der Waals surface area contributed by atoms with Crippen molar-refractivity contribution >= 4 is 0 Å². The number of hydrogen-bond donors (Lipinski definition) is 2. The average molecular weight is 242 g/mol. The lowest BCUT2D eigenvalue weighted by molar-refractivity contribution is 0.374. The lowest BCUT2D eigenvalue weighted by Crippen LogP contribution is -2.29. The maximum atomic E-state index is 5.69. The molecule has 0 spiro atoms. The summed E-state index contributed by atoms with van der Waals surface area (Å²) in [4.78, 5) is 0. The van der Waals surface area contributed by atoms with Gasteiger partial charge >= 0.3 is 0 Å². The van der Waals surface area contributed by atoms with Gasteiger partial charge in [-0.3, -0.25) is 5.84 Å². The Kier molecular flexibility index (Phi) is 2.94. The van der Waals surface area contributed by atoms with Gasteiger partial charge in [0.2, 0.25) is 0 Å². The van der Waals surface area contributed by atoms with Gasteiger partial charge in [-0.15, -0.1) is 0 Å². The van der Waals surface area contributed by atoms with Gasteiger partial charge in [-0.05, 0) is 42.9 Å². The number of hydrazine groups is 1. The summed E-state index contributed by atoms with van der Waals surface area (Å²) in [5.74, 6) is 8.69. The monoisotopic (exact) mass is 242 g/mol. The number of benzene rings is 1. The molecule has 18 heavy (non-hydrogen) atoms. The van der Waals surface area contributed by atoms with E-state index in [1.54, 1.807) is 0 Å². The zero-order valence-electron chi connectivity index (χ0n) is 10.5. The number of hydrogen-bond acceptors (Lipinski definition) is 3. The topological polar surface area (TPSA) is 51.2 Å². The molecule has 0 bridgehead atoms. The predicted molar refractivity (Wildman–Crippen MR) is 70.8 cm³/mol. The molecule has 3 rings (SSSR count). The zero-order valence-corrected chi connectivity index (χ0v) is 10.5. The van der Waals surface area contributed by atoms with Crippen LogP contribution in [0.3, 0.4) is 0 Å². The third-order valence-corrected chi connectivity index (χ3v) is 3.74. The molecule has 3 atom stereocenters. The Morgan fingerprint density at radius 1 is 1.22 bits per heavy atom. The highest BCUT2D eigenvalue weighted by atomic mass is 16.3. The fourth-order valence-electron chi connectivity index (χ4n) is 2.70. The van der Waals surface area contributed by atoms with Crippen LogP contribution in [-0.2, 0) is 0 Å². The van der Waals surface area contributed by atoms with E-state index in [1.807, 2.05) is 19.1 Å². The maximum absolute atomic E-state index is 5.69. The van der Waals surface area contributed by atoms with Crippen LogP contribution in [0.4, 0.5) is 0 Å². The van der Waals surface area contributed by atoms with Crippen LogP contribution in [0.2, 0.25) is 0 Å². The molecule has 3 unspecified atom stereocenters. The van der Waals surface area contributed by atoms with Gasteiger partial charge in [0.25, 0.3) is 0 Å². The van der Waals surface area contributed by atoms with Gasteiger partial charge in [-0.25, -0.2) is 5.43 Å². The van der Waals surface area contributed by atoms with Gasteiger partial charge in [-0.2, -0.15) is 0 Å². The largest absolute Gasteiger partial charge is 0.465 e. The molecular formula is C15H18N2O. The third kappa shape index (κ3) is 2.07. The summed E-state index contributed by atoms with van der Waals surface area (Å²) in [7, 11) is 0. The molecule has 2 aromatic rings. The van der Waals surface area contributed by atoms with Crippen LogP contribution in [-0.4, -0.2) is 0 Å². The summed E-state index contributed by atoms with van der Waals surface area (Å²) >= 11 is 0. The summed E-state index contributed by atoms with van der Waals surface area (Å²) in [6.07, 6.45) is 1.17. The van der Waals surface area contributed by atoms with E-state index in [1.165, 1.54) is 12.0 Å². The number of nitrogens with two attached hydrogens (primary N) is 1. The van der Waals surface area contributed by atoms with E-state index in [2.05, 4.69) is 35.8 Å². The fraction of sp³-hybridized carbons (Fsp3) is 0.333. The van der Waals surface area contributed by atoms with Crippen LogP contribution >= 0.6 is 0 Å². The molecule has 1 aliphatic rings. The molecule has 1 fully saturated rings. The van der Waals surface area contributed by atoms with Crippen LogP contribution in [0.15, 0.2) is 46.9 Å². The minimum absolute atomic E-state index is 0.115. The number of nitrogens with one attached hydrogen (secondary N) is 1. The Labute approximate surface area is 107 Å². The molecular weight excluding hydrogens is 224 g/mol. The van der Waals surface area contributed by atoms with Crippen molar-refractivity contribution in [2.24, 2.45) is 11.8 Å². The first-order valence-electron chi connectivity index (χ1n) is 6.37. The van der Waals surface area contributed by atoms with Crippen molar-refractivity contribution in [1.29, 1.82) is 0 Å². The van der Waals surface area contributed by atoms with E-state index in [4.69, 9.17) is 10.3 Å². The molecule has 94 valence electrons. The standard InChI is InChI=1S/C15H18N2O/c1-10-7-8-14(18-10)15(17-16)13-9-12(13)11-5-3-2-4-6-11/h2-8,12-13,15,17H,9,16H2,1H3. The van der Waals surface area contributed by atoms with Crippen molar-refractivity contribution in [3.63, 3.8) is 0 Å². The summed E-state index contributed by atoms with van der Waals surface area (Å²) < 4.78 is 5.68. The second-order valence-electron chi connectivity index (χ2n) is 5.01. The van der Waals surface area contributed by atoms with Crippen LogP contribution in [0.1, 0.15) is 35.5 Å². The van der Waals surface area contributed by atoms with E-state index in [0.29, 0.717) is 11.8 Å². The SMILES string of the molecule is Cc1ccc(C(NN)C2CC2c2ccccc2)o1. The van der Waals surface area contributed by atoms with E-state index >= 15 is 0 Å². The quantitative estimate of drug-likeness (QED) is 0.640. The molecule has 1 aromatic heterocycles. The molecule has 1 aromatic carbocycles. The van der Waals surface area contributed by atoms with Gasteiger partial charge in [-0.1, -0.05) is 30.3 Å². The van der Waals surface area contributed by atoms with Gasteiger partial charge in [0.1, 0.15) is 11.5 Å². The van der Waals surface area contributed by atoms with E-state index in [9.17, 15) is 0 Å². The summed E-state index contributed by atoms with van der Waals surface area (Å²) in [5, 5.41) is 0. The average Bonchev–Trinajstić information content (AvgIpc) is 3.07. The van der Waals surface area contributed by atoms with Crippen molar-refractivity contribution in [3.8, 4) is 0 Å². The van der Waals surface area contributed by atoms with Crippen molar-refractivity contribution in [2.75, 3.05) is 0 Å². The Hall–Kier alpha value is -1.58. The Morgan fingerprint density at radius 2 is 2.00 bits per heavy atom. The molecule has 3 N–H and O–H groups in total. The van der Waals surface area contributed by atoms with E-state index in [0.717, 1.165) is 11.5 Å². The van der Waals surface area contributed by atoms with Crippen LogP contribution in [0, 0.1) is 12.8 Å². The Balaban J connectivity index is 1.76. The fourth-order valence-corrected chi connectivity index (χ4v) is 2.70. The lowest BCUT2D eigenvalue weighted by atomic mass is 10.0. The second kappa shape index (κ2) is 4.59. The van der Waals surface area contributed by atoms with Gasteiger partial charge in [0, 0.05) is 0 Å². The van der Waals surface area contributed by atoms with Crippen molar-refractivity contribution < 1.29 is 4.42 Å². The van der Waals surface area contributed by atoms with Crippen LogP contribution < -0.4 is 11.3 Å². The third-order valence-electron chi connectivity index (χ3n) is 3.74. The lowest BCUT2D eigenvalue weighted by Gasteiger charge is -2.13. The van der Waals surface area contributed by atoms with Gasteiger partial charge in [0.15, 0.2) is 0 Å². The molecule has 3 nitrogen and oxygen atoms in total. The van der Waals surface area contributed by atoms with Crippen molar-refractivity contribution in [2.45, 2.75) is 25.3 Å². The first-order chi connectivity index (χ1) is 8.79. The predicted octanol–water partition coefficient (Wildman–Crippen LogP) is 2.90. The zero-order chi connectivity index (χ0) is 12.5. The smallest absolute Gasteiger partial charge is 0.122 e. The molecule has 0 saturated heterocycles. The molecule has 3 heteroatoms. The van der Waals surface area contributed by atoms with Crippen molar-refractivity contribution in [1.82, 2.24) is 5.43 Å². The minimum atomic E-state index is 0.115. The van der Waals surface area contributed by atoms with Crippen LogP contribution in [0.25, 0.3) is 0 Å². The van der Waals surface area contributed by atoms with Gasteiger partial charge in [0.05, 0.1) is 6.04 Å². The molecule has 0 amide bonds. The normalized spacial score (nSPS) is 23.9. The highest BCUT2D eigenvalue weighted by Gasteiger charge is 2.45. The first-order valence-corrected chi connectivity index (χ1v) is 6.37. The highest BCUT2D eigenvalue weighted by Crippen LogP contribution is 2.53. The highest BCUT2D eigenvalue weighted by molar-refractivity contribution is 5.28. The Morgan fingerprint density at radius 3 is 2.61 bits per heavy atom. The molecule has 0 radical (unpaired) electrons. The van der Waals surface area contributed by atoms with Gasteiger partial charge < -0.3 is 4.42 Å². The second-order valence-corrected chi connectivity index (χ2v) is 5.01. The molecule has 0 aliphatic heterocycles. The summed E-state index contributed by atoms with van der Waals surface area (Å²) in [6, 6.07) is 14.7. The van der Waals surface area contributed by atoms with E-state index in [-0.39, 0.29) is 6.04 Å². The molecule has 1 aliphatic carbocycles. The van der Waals surface area contributed by atoms with Crippen LogP contribution in [0.5, 0.6) is 0 Å². The van der Waals surface area contributed by atoms with E-state index < -0.39 is 0 Å². The molecule has 1 heterocycles. The molecule has 1 saturated carbocycles. The van der Waals surface area contributed by atoms with Crippen molar-refractivity contribution in [3.05, 3.63) is 59.5 Å². The number of aryl methyl sites for hydroxylation is 1. The summed E-state index contributed by atoms with van der Waals surface area (Å²) in [6.45, 7) is 1.96. The summed E-state index contributed by atoms with van der Waals surface area (Å²) in [5.41, 5.74) is 4.29. The minimum Gasteiger partial charge on any atom is -0.465 e. The maximum Gasteiger partial charge on any atom is 0.122 e. The Bertz CT molecular complexity index is 520. The number of rotatable bonds is 4. The first kappa shape index (κ1) is 11.5.